The third-order valence-corrected chi connectivity index (χ3v) is 1.97. The second-order valence-electron chi connectivity index (χ2n) is 3.48. The van der Waals surface area contributed by atoms with Crippen molar-refractivity contribution >= 4 is 0 Å². The molecule has 0 bridgehead atoms. The smallest absolute Gasteiger partial charge is 0.101 e. The molecule has 0 saturated carbocycles. The van der Waals surface area contributed by atoms with Crippen LogP contribution in [0.4, 0.5) is 0 Å². The minimum absolute atomic E-state index is 0.279. The third kappa shape index (κ3) is 5.66. The number of hydrogen-bond donors (Lipinski definition) is 1. The van der Waals surface area contributed by atoms with Gasteiger partial charge in [-0.3, -0.25) is 0 Å². The highest BCUT2D eigenvalue weighted by atomic mass is 16.5. The van der Waals surface area contributed by atoms with Gasteiger partial charge in [-0.05, 0) is 5.56 Å². The standard InChI is InChI=1S/C13H18O3/c1-2-8-15-10-13(14)11-16-9-12-6-4-3-5-7-12/h2-7,13-14H,1,8-11H2/t13-/m1/s1. The summed E-state index contributed by atoms with van der Waals surface area (Å²) in [5, 5.41) is 9.47. The van der Waals surface area contributed by atoms with Crippen molar-refractivity contribution in [2.45, 2.75) is 12.7 Å². The summed E-state index contributed by atoms with van der Waals surface area (Å²) in [6.07, 6.45) is 1.07. The van der Waals surface area contributed by atoms with Crippen LogP contribution in [-0.2, 0) is 16.1 Å². The topological polar surface area (TPSA) is 38.7 Å². The predicted molar refractivity (Wildman–Crippen MR) is 63.1 cm³/mol. The Morgan fingerprint density at radius 3 is 2.56 bits per heavy atom. The van der Waals surface area contributed by atoms with E-state index in [4.69, 9.17) is 9.47 Å². The number of ether oxygens (including phenoxy) is 2. The Labute approximate surface area is 96.3 Å². The second kappa shape index (κ2) is 8.05. The van der Waals surface area contributed by atoms with Crippen LogP contribution in [0, 0.1) is 0 Å². The largest absolute Gasteiger partial charge is 0.388 e. The van der Waals surface area contributed by atoms with Gasteiger partial charge in [0.05, 0.1) is 26.4 Å². The maximum absolute atomic E-state index is 9.47. The summed E-state index contributed by atoms with van der Waals surface area (Å²) < 4.78 is 10.5. The number of aliphatic hydroxyl groups is 1. The molecule has 0 amide bonds. The molecule has 0 aliphatic rings. The maximum atomic E-state index is 9.47. The SMILES string of the molecule is C=CCOC[C@@H](O)COCc1ccccc1. The third-order valence-electron chi connectivity index (χ3n) is 1.97. The first-order chi connectivity index (χ1) is 7.83. The molecule has 0 heterocycles. The van der Waals surface area contributed by atoms with Gasteiger partial charge in [-0.1, -0.05) is 36.4 Å². The molecular weight excluding hydrogens is 204 g/mol. The summed E-state index contributed by atoms with van der Waals surface area (Å²) in [6, 6.07) is 9.85. The number of rotatable bonds is 8. The molecule has 1 rings (SSSR count). The molecule has 0 fully saturated rings. The van der Waals surface area contributed by atoms with Crippen molar-refractivity contribution in [3.05, 3.63) is 48.6 Å². The van der Waals surface area contributed by atoms with Gasteiger partial charge in [0.1, 0.15) is 6.10 Å². The van der Waals surface area contributed by atoms with E-state index in [1.54, 1.807) is 6.08 Å². The molecule has 88 valence electrons. The number of hydrogen-bond acceptors (Lipinski definition) is 3. The fourth-order valence-corrected chi connectivity index (χ4v) is 1.22. The molecule has 3 nitrogen and oxygen atoms in total. The van der Waals surface area contributed by atoms with Crippen LogP contribution < -0.4 is 0 Å². The Morgan fingerprint density at radius 2 is 1.88 bits per heavy atom. The highest BCUT2D eigenvalue weighted by Crippen LogP contribution is 2.01. The molecule has 16 heavy (non-hydrogen) atoms. The average Bonchev–Trinajstić information content (AvgIpc) is 2.31. The van der Waals surface area contributed by atoms with Gasteiger partial charge >= 0.3 is 0 Å². The van der Waals surface area contributed by atoms with Gasteiger partial charge in [0.15, 0.2) is 0 Å². The lowest BCUT2D eigenvalue weighted by Crippen LogP contribution is -2.21. The van der Waals surface area contributed by atoms with Crippen molar-refractivity contribution in [2.75, 3.05) is 19.8 Å². The van der Waals surface area contributed by atoms with Gasteiger partial charge in [-0.2, -0.15) is 0 Å². The minimum Gasteiger partial charge on any atom is -0.388 e. The van der Waals surface area contributed by atoms with E-state index in [0.717, 1.165) is 5.56 Å². The van der Waals surface area contributed by atoms with E-state index in [9.17, 15) is 5.11 Å². The first-order valence-electron chi connectivity index (χ1n) is 5.31. The lowest BCUT2D eigenvalue weighted by Gasteiger charge is -2.11. The van der Waals surface area contributed by atoms with Crippen molar-refractivity contribution in [1.82, 2.24) is 0 Å². The number of aliphatic hydroxyl groups excluding tert-OH is 1. The van der Waals surface area contributed by atoms with Crippen molar-refractivity contribution in [1.29, 1.82) is 0 Å². The first-order valence-corrected chi connectivity index (χ1v) is 5.31. The Bertz CT molecular complexity index is 284. The molecule has 1 aromatic rings. The van der Waals surface area contributed by atoms with Crippen LogP contribution in [0.1, 0.15) is 5.56 Å². The molecule has 3 heteroatoms. The monoisotopic (exact) mass is 222 g/mol. The van der Waals surface area contributed by atoms with Crippen molar-refractivity contribution in [3.63, 3.8) is 0 Å². The highest BCUT2D eigenvalue weighted by Gasteiger charge is 2.03. The normalized spacial score (nSPS) is 12.3. The van der Waals surface area contributed by atoms with Crippen LogP contribution in [0.5, 0.6) is 0 Å². The Balaban J connectivity index is 2.08. The molecule has 0 spiro atoms. The molecule has 0 radical (unpaired) electrons. The maximum Gasteiger partial charge on any atom is 0.101 e. The van der Waals surface area contributed by atoms with Gasteiger partial charge in [0.2, 0.25) is 0 Å². The van der Waals surface area contributed by atoms with Crippen LogP contribution in [0.2, 0.25) is 0 Å². The first kappa shape index (κ1) is 12.9. The molecule has 1 atom stereocenters. The molecular formula is C13H18O3. The average molecular weight is 222 g/mol. The summed E-state index contributed by atoms with van der Waals surface area (Å²) in [4.78, 5) is 0. The van der Waals surface area contributed by atoms with E-state index < -0.39 is 6.10 Å². The Morgan fingerprint density at radius 1 is 1.19 bits per heavy atom. The van der Waals surface area contributed by atoms with Crippen molar-refractivity contribution < 1.29 is 14.6 Å². The van der Waals surface area contributed by atoms with Crippen LogP contribution in [0.3, 0.4) is 0 Å². The highest BCUT2D eigenvalue weighted by molar-refractivity contribution is 5.13. The fraction of sp³-hybridized carbons (Fsp3) is 0.385. The summed E-state index contributed by atoms with van der Waals surface area (Å²) in [5.41, 5.74) is 1.10. The second-order valence-corrected chi connectivity index (χ2v) is 3.48. The van der Waals surface area contributed by atoms with E-state index in [-0.39, 0.29) is 13.2 Å². The van der Waals surface area contributed by atoms with Crippen molar-refractivity contribution in [2.24, 2.45) is 0 Å². The molecule has 0 aliphatic heterocycles. The zero-order chi connectivity index (χ0) is 11.6. The van der Waals surface area contributed by atoms with E-state index in [1.807, 2.05) is 30.3 Å². The minimum atomic E-state index is -0.580. The quantitative estimate of drug-likeness (QED) is 0.538. The summed E-state index contributed by atoms with van der Waals surface area (Å²) >= 11 is 0. The van der Waals surface area contributed by atoms with Gasteiger partial charge in [0, 0.05) is 0 Å². The Hall–Kier alpha value is -1.16. The summed E-state index contributed by atoms with van der Waals surface area (Å²) in [6.45, 7) is 5.05. The molecule has 0 aliphatic carbocycles. The molecule has 1 N–H and O–H groups in total. The molecule has 0 aromatic heterocycles. The van der Waals surface area contributed by atoms with Crippen LogP contribution in [-0.4, -0.2) is 31.0 Å². The predicted octanol–water partition coefficient (Wildman–Crippen LogP) is 1.77. The van der Waals surface area contributed by atoms with Crippen LogP contribution in [0.15, 0.2) is 43.0 Å². The van der Waals surface area contributed by atoms with Gasteiger partial charge in [-0.25, -0.2) is 0 Å². The van der Waals surface area contributed by atoms with Gasteiger partial charge < -0.3 is 14.6 Å². The fourth-order valence-electron chi connectivity index (χ4n) is 1.22. The lowest BCUT2D eigenvalue weighted by molar-refractivity contribution is -0.0179. The van der Waals surface area contributed by atoms with E-state index in [0.29, 0.717) is 13.2 Å². The molecule has 0 unspecified atom stereocenters. The zero-order valence-electron chi connectivity index (χ0n) is 9.34. The molecule has 1 aromatic carbocycles. The van der Waals surface area contributed by atoms with Gasteiger partial charge in [0.25, 0.3) is 0 Å². The number of benzene rings is 1. The Kier molecular flexibility index (Phi) is 6.49. The van der Waals surface area contributed by atoms with E-state index in [1.165, 1.54) is 0 Å². The zero-order valence-corrected chi connectivity index (χ0v) is 9.34. The van der Waals surface area contributed by atoms with Crippen LogP contribution in [0.25, 0.3) is 0 Å². The summed E-state index contributed by atoms with van der Waals surface area (Å²) in [5.74, 6) is 0. The van der Waals surface area contributed by atoms with Gasteiger partial charge in [-0.15, -0.1) is 6.58 Å². The van der Waals surface area contributed by atoms with Crippen molar-refractivity contribution in [3.8, 4) is 0 Å². The van der Waals surface area contributed by atoms with Crippen LogP contribution >= 0.6 is 0 Å². The van der Waals surface area contributed by atoms with E-state index >= 15 is 0 Å². The lowest BCUT2D eigenvalue weighted by atomic mass is 10.2. The molecule has 0 saturated heterocycles. The van der Waals surface area contributed by atoms with E-state index in [2.05, 4.69) is 6.58 Å². The summed E-state index contributed by atoms with van der Waals surface area (Å²) in [7, 11) is 0.